The van der Waals surface area contributed by atoms with Gasteiger partial charge in [0.1, 0.15) is 11.5 Å². The number of hydrogen-bond acceptors (Lipinski definition) is 2. The van der Waals surface area contributed by atoms with Crippen LogP contribution >= 0.6 is 12.2 Å². The van der Waals surface area contributed by atoms with Crippen LogP contribution in [0.1, 0.15) is 22.6 Å². The Morgan fingerprint density at radius 2 is 1.88 bits per heavy atom. The molecule has 0 saturated heterocycles. The van der Waals surface area contributed by atoms with E-state index in [0.717, 1.165) is 27.5 Å². The van der Waals surface area contributed by atoms with Crippen LogP contribution in [0, 0.1) is 13.8 Å². The van der Waals surface area contributed by atoms with Crippen molar-refractivity contribution in [3.05, 3.63) is 65.1 Å². The molecule has 1 heterocycles. The molecule has 2 aromatic rings. The highest BCUT2D eigenvalue weighted by Gasteiger charge is 2.06. The lowest BCUT2D eigenvalue weighted by Gasteiger charge is -1.95. The first kappa shape index (κ1) is 11.8. The molecule has 1 aromatic carbocycles. The van der Waals surface area contributed by atoms with E-state index in [1.165, 1.54) is 0 Å². The highest BCUT2D eigenvalue weighted by molar-refractivity contribution is 7.81. The van der Waals surface area contributed by atoms with Crippen molar-refractivity contribution in [1.29, 1.82) is 0 Å². The summed E-state index contributed by atoms with van der Waals surface area (Å²) in [5, 5.41) is 0. The topological polar surface area (TPSA) is 13.1 Å². The van der Waals surface area contributed by atoms with Gasteiger partial charge in [0.2, 0.25) is 0 Å². The second-order valence-electron chi connectivity index (χ2n) is 3.94. The van der Waals surface area contributed by atoms with Crippen molar-refractivity contribution in [3.8, 4) is 0 Å². The highest BCUT2D eigenvalue weighted by atomic mass is 32.1. The number of allylic oxidation sites excluding steroid dienone is 1. The van der Waals surface area contributed by atoms with Gasteiger partial charge in [-0.3, -0.25) is 0 Å². The highest BCUT2D eigenvalue weighted by Crippen LogP contribution is 2.16. The van der Waals surface area contributed by atoms with Gasteiger partial charge in [-0.05, 0) is 31.6 Å². The van der Waals surface area contributed by atoms with Crippen LogP contribution in [0.2, 0.25) is 0 Å². The maximum atomic E-state index is 5.47. The van der Waals surface area contributed by atoms with E-state index in [2.05, 4.69) is 0 Å². The second-order valence-corrected chi connectivity index (χ2v) is 4.38. The van der Waals surface area contributed by atoms with Gasteiger partial charge < -0.3 is 4.42 Å². The van der Waals surface area contributed by atoms with Gasteiger partial charge in [0.05, 0.1) is 0 Å². The Kier molecular flexibility index (Phi) is 3.55. The smallest absolute Gasteiger partial charge is 0.109 e. The fourth-order valence-corrected chi connectivity index (χ4v) is 1.97. The van der Waals surface area contributed by atoms with Crippen molar-refractivity contribution < 1.29 is 4.42 Å². The molecular formula is C15H14OS. The van der Waals surface area contributed by atoms with Crippen LogP contribution in [0.15, 0.2) is 46.9 Å². The van der Waals surface area contributed by atoms with Gasteiger partial charge in [0.15, 0.2) is 0 Å². The number of thiocarbonyl (C=S) groups is 1. The molecule has 0 aliphatic heterocycles. The van der Waals surface area contributed by atoms with E-state index in [1.54, 1.807) is 0 Å². The summed E-state index contributed by atoms with van der Waals surface area (Å²) in [7, 11) is 0. The Morgan fingerprint density at radius 3 is 2.47 bits per heavy atom. The van der Waals surface area contributed by atoms with Crippen molar-refractivity contribution in [1.82, 2.24) is 0 Å². The largest absolute Gasteiger partial charge is 0.466 e. The van der Waals surface area contributed by atoms with E-state index in [4.69, 9.17) is 16.6 Å². The molecule has 0 atom stereocenters. The Balaban J connectivity index is 2.18. The van der Waals surface area contributed by atoms with Crippen molar-refractivity contribution in [3.63, 3.8) is 0 Å². The van der Waals surface area contributed by atoms with E-state index in [-0.39, 0.29) is 0 Å². The minimum absolute atomic E-state index is 0.809. The van der Waals surface area contributed by atoms with Crippen molar-refractivity contribution >= 4 is 23.2 Å². The standard InChI is InChI=1S/C15H14OS/c1-11-10-14(12(2)16-11)15(17)9-8-13-6-4-3-5-7-13/h3-10H,1-2H3. The predicted molar refractivity (Wildman–Crippen MR) is 75.4 cm³/mol. The Morgan fingerprint density at radius 1 is 1.18 bits per heavy atom. The summed E-state index contributed by atoms with van der Waals surface area (Å²) in [5.41, 5.74) is 2.15. The minimum Gasteiger partial charge on any atom is -0.466 e. The van der Waals surface area contributed by atoms with Gasteiger partial charge in [-0.2, -0.15) is 0 Å². The summed E-state index contributed by atoms with van der Waals surface area (Å²) in [5.74, 6) is 1.78. The monoisotopic (exact) mass is 242 g/mol. The summed E-state index contributed by atoms with van der Waals surface area (Å²) in [6, 6.07) is 12.1. The van der Waals surface area contributed by atoms with Gasteiger partial charge in [-0.15, -0.1) is 0 Å². The molecule has 0 amide bonds. The van der Waals surface area contributed by atoms with Crippen LogP contribution in [0.3, 0.4) is 0 Å². The van der Waals surface area contributed by atoms with Gasteiger partial charge >= 0.3 is 0 Å². The molecule has 0 aliphatic rings. The molecule has 2 rings (SSSR count). The van der Waals surface area contributed by atoms with Gasteiger partial charge in [0, 0.05) is 10.4 Å². The Labute approximate surface area is 107 Å². The quantitative estimate of drug-likeness (QED) is 0.451. The molecule has 0 aliphatic carbocycles. The summed E-state index contributed by atoms with van der Waals surface area (Å²) in [6.07, 6.45) is 3.96. The summed E-state index contributed by atoms with van der Waals surface area (Å²) >= 11 is 5.37. The zero-order valence-corrected chi connectivity index (χ0v) is 10.8. The van der Waals surface area contributed by atoms with E-state index in [1.807, 2.05) is 62.4 Å². The van der Waals surface area contributed by atoms with Gasteiger partial charge in [0.25, 0.3) is 0 Å². The SMILES string of the molecule is Cc1cc(C(=S)C=Cc2ccccc2)c(C)o1. The number of hydrogen-bond donors (Lipinski definition) is 0. The normalized spacial score (nSPS) is 10.9. The first-order chi connectivity index (χ1) is 8.16. The van der Waals surface area contributed by atoms with Crippen LogP contribution in [-0.2, 0) is 0 Å². The number of rotatable bonds is 3. The molecule has 0 radical (unpaired) electrons. The summed E-state index contributed by atoms with van der Waals surface area (Å²) in [6.45, 7) is 3.87. The zero-order chi connectivity index (χ0) is 12.3. The predicted octanol–water partition coefficient (Wildman–Crippen LogP) is 4.33. The Bertz CT molecular complexity index is 550. The van der Waals surface area contributed by atoms with Crippen LogP contribution in [0.5, 0.6) is 0 Å². The minimum atomic E-state index is 0.809. The molecular weight excluding hydrogens is 228 g/mol. The van der Waals surface area contributed by atoms with Crippen molar-refractivity contribution in [2.24, 2.45) is 0 Å². The molecule has 1 nitrogen and oxygen atoms in total. The van der Waals surface area contributed by atoms with E-state index < -0.39 is 0 Å². The van der Waals surface area contributed by atoms with E-state index >= 15 is 0 Å². The van der Waals surface area contributed by atoms with E-state index in [0.29, 0.717) is 0 Å². The van der Waals surface area contributed by atoms with Crippen LogP contribution in [0.4, 0.5) is 0 Å². The third-order valence-corrected chi connectivity index (χ3v) is 2.89. The fourth-order valence-electron chi connectivity index (χ4n) is 1.70. The molecule has 86 valence electrons. The maximum absolute atomic E-state index is 5.47. The first-order valence-corrected chi connectivity index (χ1v) is 5.92. The summed E-state index contributed by atoms with van der Waals surface area (Å²) in [4.78, 5) is 0.809. The molecule has 0 spiro atoms. The lowest BCUT2D eigenvalue weighted by Crippen LogP contribution is -1.91. The van der Waals surface area contributed by atoms with E-state index in [9.17, 15) is 0 Å². The molecule has 0 saturated carbocycles. The summed E-state index contributed by atoms with van der Waals surface area (Å²) < 4.78 is 5.47. The molecule has 0 bridgehead atoms. The molecule has 0 unspecified atom stereocenters. The van der Waals surface area contributed by atoms with Crippen LogP contribution in [-0.4, -0.2) is 4.86 Å². The molecule has 2 heteroatoms. The fraction of sp³-hybridized carbons (Fsp3) is 0.133. The number of aryl methyl sites for hydroxylation is 2. The third kappa shape index (κ3) is 2.92. The molecule has 1 aromatic heterocycles. The number of benzene rings is 1. The third-order valence-electron chi connectivity index (χ3n) is 2.53. The average Bonchev–Trinajstić information content (AvgIpc) is 2.67. The van der Waals surface area contributed by atoms with Crippen LogP contribution in [0.25, 0.3) is 6.08 Å². The second kappa shape index (κ2) is 5.11. The Hall–Kier alpha value is -1.67. The molecule has 0 fully saturated rings. The van der Waals surface area contributed by atoms with Gasteiger partial charge in [-0.1, -0.05) is 48.6 Å². The lowest BCUT2D eigenvalue weighted by atomic mass is 10.1. The number of furan rings is 1. The molecule has 17 heavy (non-hydrogen) atoms. The first-order valence-electron chi connectivity index (χ1n) is 5.51. The maximum Gasteiger partial charge on any atom is 0.109 e. The average molecular weight is 242 g/mol. The molecule has 0 N–H and O–H groups in total. The van der Waals surface area contributed by atoms with Crippen molar-refractivity contribution in [2.75, 3.05) is 0 Å². The van der Waals surface area contributed by atoms with Crippen LogP contribution < -0.4 is 0 Å². The van der Waals surface area contributed by atoms with Gasteiger partial charge in [-0.25, -0.2) is 0 Å². The zero-order valence-electron chi connectivity index (χ0n) is 9.94. The lowest BCUT2D eigenvalue weighted by molar-refractivity contribution is 0.504. The van der Waals surface area contributed by atoms with Crippen molar-refractivity contribution in [2.45, 2.75) is 13.8 Å².